The number of aliphatic imine (C=N–C) groups is 1. The highest BCUT2D eigenvalue weighted by molar-refractivity contribution is 14.0. The summed E-state index contributed by atoms with van der Waals surface area (Å²) < 4.78 is 10.2. The standard InChI is InChI=1S/C19H35N5O4.HI/c1-22(2)17(25)15-21-19(20-7-4-8-23-11-13-28-14-12-23)24-9-5-16(6-10-24)18(26)27-3;/h16H,4-15H2,1-3H3,(H,20,21);1H. The SMILES string of the molecule is COC(=O)C1CCN(C(=NCC(=O)N(C)C)NCCCN2CCOCC2)CC1.I. The van der Waals surface area contributed by atoms with Gasteiger partial charge in [0.15, 0.2) is 5.96 Å². The van der Waals surface area contributed by atoms with Crippen molar-refractivity contribution in [2.45, 2.75) is 19.3 Å². The van der Waals surface area contributed by atoms with Crippen LogP contribution in [0.5, 0.6) is 0 Å². The Labute approximate surface area is 191 Å². The molecule has 0 radical (unpaired) electrons. The molecule has 10 heteroatoms. The smallest absolute Gasteiger partial charge is 0.308 e. The predicted molar refractivity (Wildman–Crippen MR) is 123 cm³/mol. The summed E-state index contributed by atoms with van der Waals surface area (Å²) in [6.07, 6.45) is 2.48. The molecule has 0 aliphatic carbocycles. The molecule has 0 atom stereocenters. The molecular weight excluding hydrogens is 489 g/mol. The zero-order valence-corrected chi connectivity index (χ0v) is 20.2. The fourth-order valence-electron chi connectivity index (χ4n) is 3.37. The zero-order chi connectivity index (χ0) is 20.4. The number of guanidine groups is 1. The number of rotatable bonds is 7. The van der Waals surface area contributed by atoms with Gasteiger partial charge in [0.25, 0.3) is 0 Å². The third kappa shape index (κ3) is 9.04. The highest BCUT2D eigenvalue weighted by Crippen LogP contribution is 2.18. The van der Waals surface area contributed by atoms with Gasteiger partial charge in [0, 0.05) is 46.8 Å². The number of nitrogens with one attached hydrogen (secondary N) is 1. The Morgan fingerprint density at radius 1 is 1.17 bits per heavy atom. The molecule has 0 saturated carbocycles. The minimum atomic E-state index is -0.139. The Morgan fingerprint density at radius 2 is 1.83 bits per heavy atom. The first kappa shape index (κ1) is 25.9. The topological polar surface area (TPSA) is 86.7 Å². The first-order chi connectivity index (χ1) is 13.5. The predicted octanol–water partition coefficient (Wildman–Crippen LogP) is 0.246. The first-order valence-electron chi connectivity index (χ1n) is 10.1. The highest BCUT2D eigenvalue weighted by atomic mass is 127. The van der Waals surface area contributed by atoms with Crippen molar-refractivity contribution in [1.29, 1.82) is 0 Å². The van der Waals surface area contributed by atoms with Gasteiger partial charge >= 0.3 is 5.97 Å². The molecule has 29 heavy (non-hydrogen) atoms. The Hall–Kier alpha value is -1.14. The lowest BCUT2D eigenvalue weighted by Crippen LogP contribution is -2.47. The van der Waals surface area contributed by atoms with Crippen LogP contribution in [0.2, 0.25) is 0 Å². The first-order valence-corrected chi connectivity index (χ1v) is 10.1. The summed E-state index contributed by atoms with van der Waals surface area (Å²) in [7, 11) is 4.90. The van der Waals surface area contributed by atoms with Crippen LogP contribution in [-0.4, -0.2) is 113 Å². The molecule has 0 spiro atoms. The van der Waals surface area contributed by atoms with E-state index in [4.69, 9.17) is 9.47 Å². The molecule has 0 unspecified atom stereocenters. The Bertz CT molecular complexity index is 533. The van der Waals surface area contributed by atoms with Crippen LogP contribution < -0.4 is 5.32 Å². The third-order valence-corrected chi connectivity index (χ3v) is 5.23. The van der Waals surface area contributed by atoms with Crippen LogP contribution in [0.4, 0.5) is 0 Å². The van der Waals surface area contributed by atoms with Crippen molar-refractivity contribution in [2.24, 2.45) is 10.9 Å². The molecule has 2 fully saturated rings. The van der Waals surface area contributed by atoms with Gasteiger partial charge in [0.1, 0.15) is 6.54 Å². The van der Waals surface area contributed by atoms with Gasteiger partial charge in [-0.2, -0.15) is 0 Å². The van der Waals surface area contributed by atoms with Crippen molar-refractivity contribution >= 4 is 41.8 Å². The van der Waals surface area contributed by atoms with Crippen LogP contribution in [0.1, 0.15) is 19.3 Å². The number of morpholine rings is 1. The van der Waals surface area contributed by atoms with Gasteiger partial charge < -0.3 is 24.6 Å². The average molecular weight is 525 g/mol. The summed E-state index contributed by atoms with van der Waals surface area (Å²) in [6.45, 7) is 6.97. The maximum absolute atomic E-state index is 11.9. The Morgan fingerprint density at radius 3 is 2.41 bits per heavy atom. The van der Waals surface area contributed by atoms with Gasteiger partial charge in [-0.15, -0.1) is 24.0 Å². The number of ether oxygens (including phenoxy) is 2. The summed E-state index contributed by atoms with van der Waals surface area (Å²) >= 11 is 0. The summed E-state index contributed by atoms with van der Waals surface area (Å²) in [5.74, 6) is 0.532. The van der Waals surface area contributed by atoms with Crippen molar-refractivity contribution in [3.05, 3.63) is 0 Å². The number of likely N-dealkylation sites (tertiary alicyclic amines) is 1. The minimum Gasteiger partial charge on any atom is -0.469 e. The third-order valence-electron chi connectivity index (χ3n) is 5.23. The molecule has 2 heterocycles. The number of hydrogen-bond acceptors (Lipinski definition) is 6. The van der Waals surface area contributed by atoms with E-state index in [1.165, 1.54) is 7.11 Å². The molecule has 0 aromatic carbocycles. The van der Waals surface area contributed by atoms with Gasteiger partial charge in [-0.3, -0.25) is 14.5 Å². The van der Waals surface area contributed by atoms with Crippen LogP contribution in [-0.2, 0) is 19.1 Å². The van der Waals surface area contributed by atoms with E-state index in [9.17, 15) is 9.59 Å². The normalized spacial score (nSPS) is 18.7. The van der Waals surface area contributed by atoms with Crippen molar-refractivity contribution < 1.29 is 19.1 Å². The number of hydrogen-bond donors (Lipinski definition) is 1. The molecule has 1 N–H and O–H groups in total. The summed E-state index contributed by atoms with van der Waals surface area (Å²) in [5.41, 5.74) is 0. The van der Waals surface area contributed by atoms with Crippen LogP contribution in [0, 0.1) is 5.92 Å². The number of carbonyl (C=O) groups excluding carboxylic acids is 2. The summed E-state index contributed by atoms with van der Waals surface area (Å²) in [4.78, 5) is 34.3. The number of carbonyl (C=O) groups is 2. The van der Waals surface area contributed by atoms with E-state index in [0.29, 0.717) is 0 Å². The molecule has 2 aliphatic heterocycles. The fraction of sp³-hybridized carbons (Fsp3) is 0.842. The maximum atomic E-state index is 11.9. The molecule has 168 valence electrons. The second-order valence-corrected chi connectivity index (χ2v) is 7.45. The number of esters is 1. The van der Waals surface area contributed by atoms with Crippen LogP contribution in [0.25, 0.3) is 0 Å². The number of amides is 1. The number of likely N-dealkylation sites (N-methyl/N-ethyl adjacent to an activating group) is 1. The van der Waals surface area contributed by atoms with E-state index in [-0.39, 0.29) is 48.3 Å². The number of nitrogens with zero attached hydrogens (tertiary/aromatic N) is 4. The number of halogens is 1. The lowest BCUT2D eigenvalue weighted by atomic mass is 9.97. The van der Waals surface area contributed by atoms with E-state index >= 15 is 0 Å². The maximum Gasteiger partial charge on any atom is 0.308 e. The molecular formula is C19H36IN5O4. The Kier molecular flexibility index (Phi) is 12.5. The van der Waals surface area contributed by atoms with Gasteiger partial charge in [0.05, 0.1) is 26.2 Å². The average Bonchev–Trinajstić information content (AvgIpc) is 2.73. The number of piperidine rings is 1. The fourth-order valence-corrected chi connectivity index (χ4v) is 3.37. The van der Waals surface area contributed by atoms with Gasteiger partial charge in [-0.05, 0) is 25.8 Å². The second kappa shape index (κ2) is 14.0. The van der Waals surface area contributed by atoms with Crippen LogP contribution in [0.15, 0.2) is 4.99 Å². The molecule has 2 aliphatic rings. The molecule has 2 rings (SSSR count). The van der Waals surface area contributed by atoms with E-state index in [2.05, 4.69) is 20.1 Å². The summed E-state index contributed by atoms with van der Waals surface area (Å²) in [5, 5.41) is 3.41. The number of methoxy groups -OCH3 is 1. The van der Waals surface area contributed by atoms with Crippen molar-refractivity contribution in [2.75, 3.05) is 80.2 Å². The van der Waals surface area contributed by atoms with Crippen molar-refractivity contribution in [3.63, 3.8) is 0 Å². The van der Waals surface area contributed by atoms with Gasteiger partial charge in [-0.25, -0.2) is 4.99 Å². The van der Waals surface area contributed by atoms with E-state index in [1.54, 1.807) is 19.0 Å². The molecule has 0 aromatic heterocycles. The molecule has 2 saturated heterocycles. The lowest BCUT2D eigenvalue weighted by Gasteiger charge is -2.33. The van der Waals surface area contributed by atoms with Gasteiger partial charge in [-0.1, -0.05) is 0 Å². The molecule has 1 amide bonds. The Balaban J connectivity index is 0.00000420. The van der Waals surface area contributed by atoms with Crippen LogP contribution >= 0.6 is 24.0 Å². The largest absolute Gasteiger partial charge is 0.469 e. The quantitative estimate of drug-likeness (QED) is 0.168. The summed E-state index contributed by atoms with van der Waals surface area (Å²) in [6, 6.07) is 0. The zero-order valence-electron chi connectivity index (χ0n) is 17.9. The van der Waals surface area contributed by atoms with Gasteiger partial charge in [0.2, 0.25) is 5.91 Å². The molecule has 9 nitrogen and oxygen atoms in total. The van der Waals surface area contributed by atoms with E-state index < -0.39 is 0 Å². The van der Waals surface area contributed by atoms with Crippen LogP contribution in [0.3, 0.4) is 0 Å². The monoisotopic (exact) mass is 525 g/mol. The highest BCUT2D eigenvalue weighted by Gasteiger charge is 2.27. The second-order valence-electron chi connectivity index (χ2n) is 7.45. The minimum absolute atomic E-state index is 0. The molecule has 0 aromatic rings. The molecule has 0 bridgehead atoms. The van der Waals surface area contributed by atoms with Crippen molar-refractivity contribution in [1.82, 2.24) is 20.0 Å². The van der Waals surface area contributed by atoms with Crippen molar-refractivity contribution in [3.8, 4) is 0 Å². The van der Waals surface area contributed by atoms with E-state index in [1.807, 2.05) is 0 Å². The van der Waals surface area contributed by atoms with E-state index in [0.717, 1.165) is 77.7 Å². The lowest BCUT2D eigenvalue weighted by molar-refractivity contribution is -0.146.